The molecule has 7 heteroatoms. The average molecular weight is 313 g/mol. The van der Waals surface area contributed by atoms with E-state index >= 15 is 0 Å². The van der Waals surface area contributed by atoms with Crippen LogP contribution in [-0.4, -0.2) is 18.8 Å². The van der Waals surface area contributed by atoms with E-state index in [-0.39, 0.29) is 0 Å². The van der Waals surface area contributed by atoms with Crippen molar-refractivity contribution in [2.75, 3.05) is 5.75 Å². The lowest BCUT2D eigenvalue weighted by atomic mass is 10.4. The van der Waals surface area contributed by atoms with Crippen LogP contribution in [0.2, 0.25) is 25.7 Å². The predicted octanol–water partition coefficient (Wildman–Crippen LogP) is 5.04. The zero-order valence-corrected chi connectivity index (χ0v) is 13.7. The van der Waals surface area contributed by atoms with E-state index in [4.69, 9.17) is 0 Å². The molecule has 0 N–H and O–H groups in total. The molecule has 1 aromatic heterocycles. The first-order valence-electron chi connectivity index (χ1n) is 5.71. The fraction of sp³-hybridized carbons (Fsp3) is 0.727. The van der Waals surface area contributed by atoms with E-state index in [1.54, 1.807) is 18.7 Å². The SMILES string of the molecule is Cc1nc(C(F)(F)F)c(CSCC[Si](C)(C)C)s1. The van der Waals surface area contributed by atoms with Gasteiger partial charge in [0.15, 0.2) is 5.69 Å². The van der Waals surface area contributed by atoms with Gasteiger partial charge in [-0.3, -0.25) is 0 Å². The van der Waals surface area contributed by atoms with Gasteiger partial charge in [0.05, 0.1) is 5.01 Å². The monoisotopic (exact) mass is 313 g/mol. The Morgan fingerprint density at radius 1 is 1.28 bits per heavy atom. The van der Waals surface area contributed by atoms with Gasteiger partial charge in [0, 0.05) is 18.7 Å². The van der Waals surface area contributed by atoms with E-state index in [1.807, 2.05) is 0 Å². The first kappa shape index (κ1) is 16.0. The van der Waals surface area contributed by atoms with Gasteiger partial charge < -0.3 is 0 Å². The standard InChI is InChI=1S/C11H18F3NS2Si/c1-8-15-10(11(12,13)14)9(17-8)7-16-5-6-18(2,3)4/h5-7H2,1-4H3. The molecular formula is C11H18F3NS2Si. The molecule has 104 valence electrons. The third-order valence-corrected chi connectivity index (χ3v) is 6.55. The Hall–Kier alpha value is -0.0131. The Balaban J connectivity index is 2.58. The molecule has 0 aliphatic rings. The number of thiazole rings is 1. The number of aromatic nitrogens is 1. The van der Waals surface area contributed by atoms with E-state index in [2.05, 4.69) is 24.6 Å². The quantitative estimate of drug-likeness (QED) is 0.558. The van der Waals surface area contributed by atoms with Gasteiger partial charge in [0.2, 0.25) is 0 Å². The highest BCUT2D eigenvalue weighted by molar-refractivity contribution is 7.98. The molecule has 1 rings (SSSR count). The Labute approximate surface area is 115 Å². The summed E-state index contributed by atoms with van der Waals surface area (Å²) < 4.78 is 38.1. The van der Waals surface area contributed by atoms with E-state index in [9.17, 15) is 13.2 Å². The molecule has 0 atom stereocenters. The van der Waals surface area contributed by atoms with Gasteiger partial charge in [-0.05, 0) is 18.7 Å². The van der Waals surface area contributed by atoms with Crippen LogP contribution in [0.5, 0.6) is 0 Å². The summed E-state index contributed by atoms with van der Waals surface area (Å²) in [6.45, 7) is 8.43. The van der Waals surface area contributed by atoms with Gasteiger partial charge in [-0.25, -0.2) is 4.98 Å². The lowest BCUT2D eigenvalue weighted by Gasteiger charge is -2.14. The lowest BCUT2D eigenvalue weighted by Crippen LogP contribution is -2.19. The first-order chi connectivity index (χ1) is 8.09. The molecule has 1 aromatic rings. The van der Waals surface area contributed by atoms with Crippen molar-refractivity contribution in [3.63, 3.8) is 0 Å². The first-order valence-corrected chi connectivity index (χ1v) is 11.4. The van der Waals surface area contributed by atoms with Crippen molar-refractivity contribution in [3.05, 3.63) is 15.6 Å². The molecule has 0 aliphatic heterocycles. The van der Waals surface area contributed by atoms with E-state index in [0.717, 1.165) is 23.1 Å². The van der Waals surface area contributed by atoms with Gasteiger partial charge in [0.25, 0.3) is 0 Å². The number of hydrogen-bond acceptors (Lipinski definition) is 3. The van der Waals surface area contributed by atoms with E-state index in [0.29, 0.717) is 15.6 Å². The van der Waals surface area contributed by atoms with Gasteiger partial charge in [-0.1, -0.05) is 19.6 Å². The van der Waals surface area contributed by atoms with Crippen LogP contribution in [-0.2, 0) is 11.9 Å². The molecule has 1 heterocycles. The number of thioether (sulfide) groups is 1. The predicted molar refractivity (Wildman–Crippen MR) is 76.2 cm³/mol. The molecule has 0 bridgehead atoms. The number of alkyl halides is 3. The second-order valence-electron chi connectivity index (χ2n) is 5.37. The number of hydrogen-bond donors (Lipinski definition) is 0. The summed E-state index contributed by atoms with van der Waals surface area (Å²) in [5.74, 6) is 1.36. The van der Waals surface area contributed by atoms with Crippen LogP contribution in [0.25, 0.3) is 0 Å². The van der Waals surface area contributed by atoms with Gasteiger partial charge in [0.1, 0.15) is 0 Å². The molecule has 0 amide bonds. The Morgan fingerprint density at radius 3 is 2.39 bits per heavy atom. The van der Waals surface area contributed by atoms with Crippen molar-refractivity contribution in [3.8, 4) is 0 Å². The molecule has 0 saturated heterocycles. The van der Waals surface area contributed by atoms with Crippen molar-refractivity contribution in [2.45, 2.75) is 44.5 Å². The average Bonchev–Trinajstić information content (AvgIpc) is 2.52. The highest BCUT2D eigenvalue weighted by Gasteiger charge is 2.36. The third-order valence-electron chi connectivity index (χ3n) is 2.30. The number of halogens is 3. The molecule has 1 nitrogen and oxygen atoms in total. The number of rotatable bonds is 5. The Morgan fingerprint density at radius 2 is 1.89 bits per heavy atom. The summed E-state index contributed by atoms with van der Waals surface area (Å²) in [6.07, 6.45) is -4.32. The van der Waals surface area contributed by atoms with Gasteiger partial charge in [-0.2, -0.15) is 24.9 Å². The maximum Gasteiger partial charge on any atom is 0.434 e. The second-order valence-corrected chi connectivity index (χ2v) is 13.4. The van der Waals surface area contributed by atoms with Crippen LogP contribution in [0.1, 0.15) is 15.6 Å². The molecule has 0 spiro atoms. The fourth-order valence-electron chi connectivity index (χ4n) is 1.33. The second kappa shape index (κ2) is 5.96. The van der Waals surface area contributed by atoms with Crippen molar-refractivity contribution in [2.24, 2.45) is 0 Å². The highest BCUT2D eigenvalue weighted by Crippen LogP contribution is 2.36. The van der Waals surface area contributed by atoms with Crippen LogP contribution in [0.4, 0.5) is 13.2 Å². The molecule has 0 unspecified atom stereocenters. The minimum Gasteiger partial charge on any atom is -0.237 e. The lowest BCUT2D eigenvalue weighted by molar-refractivity contribution is -0.141. The van der Waals surface area contributed by atoms with Crippen molar-refractivity contribution < 1.29 is 13.2 Å². The topological polar surface area (TPSA) is 12.9 Å². The van der Waals surface area contributed by atoms with Gasteiger partial charge >= 0.3 is 6.18 Å². The van der Waals surface area contributed by atoms with Crippen LogP contribution in [0.15, 0.2) is 0 Å². The van der Waals surface area contributed by atoms with Crippen molar-refractivity contribution >= 4 is 31.2 Å². The van der Waals surface area contributed by atoms with Crippen molar-refractivity contribution in [1.29, 1.82) is 0 Å². The zero-order valence-electron chi connectivity index (χ0n) is 11.0. The van der Waals surface area contributed by atoms with E-state index < -0.39 is 19.9 Å². The molecule has 0 fully saturated rings. The summed E-state index contributed by atoms with van der Waals surface area (Å²) in [4.78, 5) is 3.96. The van der Waals surface area contributed by atoms with Crippen LogP contribution < -0.4 is 0 Å². The summed E-state index contributed by atoms with van der Waals surface area (Å²) in [5, 5.41) is 0.489. The minimum absolute atomic E-state index is 0.362. The zero-order chi connectivity index (χ0) is 14.0. The summed E-state index contributed by atoms with van der Waals surface area (Å²) in [5.41, 5.74) is -0.689. The molecular weight excluding hydrogens is 295 g/mol. The van der Waals surface area contributed by atoms with Crippen molar-refractivity contribution in [1.82, 2.24) is 4.98 Å². The van der Waals surface area contributed by atoms with Gasteiger partial charge in [-0.15, -0.1) is 11.3 Å². The summed E-state index contributed by atoms with van der Waals surface area (Å²) in [6, 6.07) is 1.14. The molecule has 0 aromatic carbocycles. The summed E-state index contributed by atoms with van der Waals surface area (Å²) >= 11 is 2.74. The normalized spacial score (nSPS) is 13.1. The fourth-order valence-corrected chi connectivity index (χ4v) is 6.06. The molecule has 0 saturated carbocycles. The number of aryl methyl sites for hydroxylation is 1. The highest BCUT2D eigenvalue weighted by atomic mass is 32.2. The van der Waals surface area contributed by atoms with E-state index in [1.165, 1.54) is 0 Å². The molecule has 0 radical (unpaired) electrons. The van der Waals surface area contributed by atoms with Crippen LogP contribution in [0, 0.1) is 6.92 Å². The Kier molecular flexibility index (Phi) is 5.31. The third kappa shape index (κ3) is 5.32. The van der Waals surface area contributed by atoms with Crippen LogP contribution in [0.3, 0.4) is 0 Å². The smallest absolute Gasteiger partial charge is 0.237 e. The summed E-state index contributed by atoms with van der Waals surface area (Å²) in [7, 11) is -1.10. The molecule has 18 heavy (non-hydrogen) atoms. The Bertz CT molecular complexity index is 396. The number of nitrogens with zero attached hydrogens (tertiary/aromatic N) is 1. The minimum atomic E-state index is -4.32. The molecule has 0 aliphatic carbocycles. The largest absolute Gasteiger partial charge is 0.434 e. The van der Waals surface area contributed by atoms with Crippen LogP contribution >= 0.6 is 23.1 Å². The maximum absolute atomic E-state index is 12.7. The maximum atomic E-state index is 12.7.